The Morgan fingerprint density at radius 3 is 2.96 bits per heavy atom. The topological polar surface area (TPSA) is 79.9 Å². The summed E-state index contributed by atoms with van der Waals surface area (Å²) in [6.45, 7) is 0. The van der Waals surface area contributed by atoms with E-state index in [0.29, 0.717) is 20.5 Å². The number of benzene rings is 2. The summed E-state index contributed by atoms with van der Waals surface area (Å²) in [7, 11) is 1.61. The van der Waals surface area contributed by atoms with Crippen molar-refractivity contribution in [1.29, 1.82) is 0 Å². The summed E-state index contributed by atoms with van der Waals surface area (Å²) in [4.78, 5) is 24.0. The Balaban J connectivity index is 1.41. The van der Waals surface area contributed by atoms with Crippen molar-refractivity contribution < 1.29 is 13.9 Å². The van der Waals surface area contributed by atoms with Crippen LogP contribution in [0, 0.1) is 5.82 Å². The first-order chi connectivity index (χ1) is 12.6. The van der Waals surface area contributed by atoms with Gasteiger partial charge >= 0.3 is 0 Å². The van der Waals surface area contributed by atoms with E-state index >= 15 is 0 Å². The second kappa shape index (κ2) is 6.93. The van der Waals surface area contributed by atoms with Gasteiger partial charge in [-0.1, -0.05) is 23.1 Å². The molecule has 0 spiro atoms. The lowest BCUT2D eigenvalue weighted by Crippen LogP contribution is -2.13. The number of amides is 1. The van der Waals surface area contributed by atoms with Crippen molar-refractivity contribution >= 4 is 55.4 Å². The number of aromatic amines is 1. The first-order valence-corrected chi connectivity index (χ1v) is 9.43. The third-order valence-corrected chi connectivity index (χ3v) is 5.41. The molecule has 26 heavy (non-hydrogen) atoms. The molecule has 2 heterocycles. The molecule has 0 bridgehead atoms. The Labute approximate surface area is 155 Å². The third kappa shape index (κ3) is 3.49. The summed E-state index contributed by atoms with van der Waals surface area (Å²) < 4.78 is 19.1. The van der Waals surface area contributed by atoms with E-state index in [1.165, 1.54) is 35.2 Å². The molecule has 0 saturated carbocycles. The molecule has 2 aromatic carbocycles. The molecule has 0 aliphatic carbocycles. The third-order valence-electron chi connectivity index (χ3n) is 3.60. The zero-order valence-corrected chi connectivity index (χ0v) is 15.2. The highest BCUT2D eigenvalue weighted by Gasteiger charge is 2.11. The lowest BCUT2D eigenvalue weighted by atomic mass is 10.3. The number of aromatic nitrogens is 3. The first-order valence-electron chi connectivity index (χ1n) is 7.63. The number of halogens is 1. The quantitative estimate of drug-likeness (QED) is 0.504. The zero-order valence-electron chi connectivity index (χ0n) is 13.6. The fourth-order valence-corrected chi connectivity index (χ4v) is 3.99. The lowest BCUT2D eigenvalue weighted by Gasteiger charge is -1.99. The molecule has 2 N–H and O–H groups in total. The van der Waals surface area contributed by atoms with E-state index in [2.05, 4.69) is 20.3 Å². The minimum absolute atomic E-state index is 0.182. The number of thioether (sulfide) groups is 1. The molecule has 2 aromatic heterocycles. The average molecular weight is 388 g/mol. The van der Waals surface area contributed by atoms with Crippen molar-refractivity contribution in [3.63, 3.8) is 0 Å². The van der Waals surface area contributed by atoms with E-state index < -0.39 is 0 Å². The Kier molecular flexibility index (Phi) is 4.48. The van der Waals surface area contributed by atoms with E-state index in [4.69, 9.17) is 4.74 Å². The zero-order chi connectivity index (χ0) is 18.1. The van der Waals surface area contributed by atoms with Crippen LogP contribution in [0.5, 0.6) is 5.75 Å². The van der Waals surface area contributed by atoms with Gasteiger partial charge in [-0.3, -0.25) is 4.79 Å². The number of hydrogen-bond acceptors (Lipinski definition) is 6. The SMILES string of the molecule is COc1ccc2nc(SCC(=O)Nc3nc4ccc(F)cc4s3)[nH]c2c1. The molecule has 4 aromatic rings. The summed E-state index contributed by atoms with van der Waals surface area (Å²) in [6.07, 6.45) is 0. The van der Waals surface area contributed by atoms with Crippen molar-refractivity contribution in [2.24, 2.45) is 0 Å². The predicted octanol–water partition coefficient (Wildman–Crippen LogP) is 4.05. The molecule has 0 radical (unpaired) electrons. The van der Waals surface area contributed by atoms with Gasteiger partial charge in [0.2, 0.25) is 5.91 Å². The van der Waals surface area contributed by atoms with Crippen LogP contribution in [0.4, 0.5) is 9.52 Å². The standard InChI is InChI=1S/C17H13FN4O2S2/c1-24-10-3-5-11-13(7-10)21-16(19-11)25-8-15(23)22-17-20-12-4-2-9(18)6-14(12)26-17/h2-7H,8H2,1H3,(H,19,21)(H,20,22,23). The van der Waals surface area contributed by atoms with Gasteiger partial charge in [0.15, 0.2) is 10.3 Å². The number of carbonyl (C=O) groups is 1. The molecule has 0 fully saturated rings. The van der Waals surface area contributed by atoms with E-state index in [0.717, 1.165) is 16.8 Å². The minimum Gasteiger partial charge on any atom is -0.497 e. The van der Waals surface area contributed by atoms with Crippen LogP contribution in [0.25, 0.3) is 21.3 Å². The van der Waals surface area contributed by atoms with Gasteiger partial charge in [-0.2, -0.15) is 0 Å². The molecular weight excluding hydrogens is 375 g/mol. The van der Waals surface area contributed by atoms with Crippen molar-refractivity contribution in [2.45, 2.75) is 5.16 Å². The summed E-state index contributed by atoms with van der Waals surface area (Å²) in [5.74, 6) is 0.396. The molecule has 0 unspecified atom stereocenters. The largest absolute Gasteiger partial charge is 0.497 e. The summed E-state index contributed by atoms with van der Waals surface area (Å²) in [5, 5.41) is 3.83. The van der Waals surface area contributed by atoms with Crippen LogP contribution in [-0.4, -0.2) is 33.7 Å². The number of H-pyrrole nitrogens is 1. The number of carbonyl (C=O) groups excluding carboxylic acids is 1. The van der Waals surface area contributed by atoms with Gasteiger partial charge in [0.25, 0.3) is 0 Å². The molecule has 0 aliphatic heterocycles. The van der Waals surface area contributed by atoms with Gasteiger partial charge in [0, 0.05) is 6.07 Å². The number of ether oxygens (including phenoxy) is 1. The average Bonchev–Trinajstić information content (AvgIpc) is 3.21. The summed E-state index contributed by atoms with van der Waals surface area (Å²) >= 11 is 2.53. The highest BCUT2D eigenvalue weighted by Crippen LogP contribution is 2.27. The van der Waals surface area contributed by atoms with Crippen LogP contribution in [0.3, 0.4) is 0 Å². The first kappa shape index (κ1) is 16.8. The number of nitrogens with zero attached hydrogens (tertiary/aromatic N) is 2. The smallest absolute Gasteiger partial charge is 0.236 e. The van der Waals surface area contributed by atoms with E-state index in [1.54, 1.807) is 13.2 Å². The number of rotatable bonds is 5. The fourth-order valence-electron chi connectivity index (χ4n) is 2.40. The molecule has 0 atom stereocenters. The van der Waals surface area contributed by atoms with Crippen LogP contribution in [0.15, 0.2) is 41.6 Å². The van der Waals surface area contributed by atoms with Gasteiger partial charge in [-0.15, -0.1) is 0 Å². The number of imidazole rings is 1. The van der Waals surface area contributed by atoms with Gasteiger partial charge in [0.05, 0.1) is 34.1 Å². The Hall–Kier alpha value is -2.65. The fraction of sp³-hybridized carbons (Fsp3) is 0.118. The Morgan fingerprint density at radius 2 is 2.12 bits per heavy atom. The monoisotopic (exact) mass is 388 g/mol. The van der Waals surface area contributed by atoms with Gasteiger partial charge in [-0.25, -0.2) is 14.4 Å². The molecule has 4 rings (SSSR count). The Morgan fingerprint density at radius 1 is 1.27 bits per heavy atom. The normalized spacial score (nSPS) is 11.2. The lowest BCUT2D eigenvalue weighted by molar-refractivity contribution is -0.113. The number of fused-ring (bicyclic) bond motifs is 2. The van der Waals surface area contributed by atoms with Crippen LogP contribution in [0.1, 0.15) is 0 Å². The van der Waals surface area contributed by atoms with Gasteiger partial charge in [0.1, 0.15) is 11.6 Å². The summed E-state index contributed by atoms with van der Waals surface area (Å²) in [6, 6.07) is 9.89. The van der Waals surface area contributed by atoms with Crippen molar-refractivity contribution in [3.8, 4) is 5.75 Å². The molecule has 0 aliphatic rings. The maximum absolute atomic E-state index is 13.2. The van der Waals surface area contributed by atoms with E-state index in [-0.39, 0.29) is 17.5 Å². The summed E-state index contributed by atoms with van der Waals surface area (Å²) in [5.41, 5.74) is 2.31. The van der Waals surface area contributed by atoms with Crippen molar-refractivity contribution in [1.82, 2.24) is 15.0 Å². The van der Waals surface area contributed by atoms with Crippen LogP contribution >= 0.6 is 23.1 Å². The second-order valence-corrected chi connectivity index (χ2v) is 7.39. The molecule has 132 valence electrons. The number of anilines is 1. The molecule has 1 amide bonds. The maximum Gasteiger partial charge on any atom is 0.236 e. The predicted molar refractivity (Wildman–Crippen MR) is 102 cm³/mol. The van der Waals surface area contributed by atoms with Crippen LogP contribution in [-0.2, 0) is 4.79 Å². The van der Waals surface area contributed by atoms with Crippen LogP contribution < -0.4 is 10.1 Å². The molecular formula is C17H13FN4O2S2. The second-order valence-electron chi connectivity index (χ2n) is 5.39. The molecule has 9 heteroatoms. The number of methoxy groups -OCH3 is 1. The van der Waals surface area contributed by atoms with Crippen molar-refractivity contribution in [3.05, 3.63) is 42.2 Å². The Bertz CT molecular complexity index is 1110. The molecule has 6 nitrogen and oxygen atoms in total. The van der Waals surface area contributed by atoms with Gasteiger partial charge < -0.3 is 15.0 Å². The van der Waals surface area contributed by atoms with E-state index in [9.17, 15) is 9.18 Å². The number of hydrogen-bond donors (Lipinski definition) is 2. The molecule has 0 saturated heterocycles. The number of thiazole rings is 1. The van der Waals surface area contributed by atoms with Crippen molar-refractivity contribution in [2.75, 3.05) is 18.2 Å². The minimum atomic E-state index is -0.323. The van der Waals surface area contributed by atoms with Gasteiger partial charge in [-0.05, 0) is 30.3 Å². The number of nitrogens with one attached hydrogen (secondary N) is 2. The van der Waals surface area contributed by atoms with Crippen LogP contribution in [0.2, 0.25) is 0 Å². The maximum atomic E-state index is 13.2. The highest BCUT2D eigenvalue weighted by molar-refractivity contribution is 7.99. The highest BCUT2D eigenvalue weighted by atomic mass is 32.2. The van der Waals surface area contributed by atoms with E-state index in [1.807, 2.05) is 18.2 Å².